The van der Waals surface area contributed by atoms with Crippen LogP contribution < -0.4 is 18.9 Å². The number of benzene rings is 2. The Hall–Kier alpha value is -5.28. The third kappa shape index (κ3) is 6.05. The average Bonchev–Trinajstić information content (AvgIpc) is 2.92. The SMILES string of the molecule is COc1cc(/C=C/C2=CC(=C(C#N)C#N)C=C(/C=C/c3cc(OC)c(O)c(OC)c3)O2)cc(OC)c1O. The summed E-state index contributed by atoms with van der Waals surface area (Å²) >= 11 is 0. The number of hydrogen-bond acceptors (Lipinski definition) is 9. The molecule has 188 valence electrons. The zero-order valence-corrected chi connectivity index (χ0v) is 20.6. The van der Waals surface area contributed by atoms with Crippen molar-refractivity contribution in [3.63, 3.8) is 0 Å². The van der Waals surface area contributed by atoms with E-state index in [0.29, 0.717) is 28.2 Å². The number of nitriles is 2. The molecule has 37 heavy (non-hydrogen) atoms. The van der Waals surface area contributed by atoms with Crippen LogP contribution in [0.3, 0.4) is 0 Å². The average molecular weight is 501 g/mol. The van der Waals surface area contributed by atoms with E-state index in [2.05, 4.69) is 0 Å². The van der Waals surface area contributed by atoms with E-state index in [4.69, 9.17) is 23.7 Å². The van der Waals surface area contributed by atoms with Crippen molar-refractivity contribution < 1.29 is 33.9 Å². The van der Waals surface area contributed by atoms with Gasteiger partial charge in [0.1, 0.15) is 29.2 Å². The van der Waals surface area contributed by atoms with Crippen molar-refractivity contribution in [2.75, 3.05) is 28.4 Å². The van der Waals surface area contributed by atoms with E-state index in [1.54, 1.807) is 60.7 Å². The molecule has 0 saturated carbocycles. The lowest BCUT2D eigenvalue weighted by Gasteiger charge is -2.14. The van der Waals surface area contributed by atoms with Crippen molar-refractivity contribution in [2.45, 2.75) is 0 Å². The Morgan fingerprint density at radius 2 is 1.03 bits per heavy atom. The van der Waals surface area contributed by atoms with Crippen molar-refractivity contribution in [3.8, 4) is 46.6 Å². The van der Waals surface area contributed by atoms with Crippen LogP contribution in [-0.4, -0.2) is 38.7 Å². The maximum absolute atomic E-state index is 10.1. The number of rotatable bonds is 8. The summed E-state index contributed by atoms with van der Waals surface area (Å²) < 4.78 is 26.7. The summed E-state index contributed by atoms with van der Waals surface area (Å²) in [5.74, 6) is 1.40. The van der Waals surface area contributed by atoms with E-state index >= 15 is 0 Å². The minimum Gasteiger partial charge on any atom is -0.502 e. The Kier molecular flexibility index (Phi) is 8.48. The zero-order valence-electron chi connectivity index (χ0n) is 20.6. The first-order valence-electron chi connectivity index (χ1n) is 10.8. The molecule has 9 heteroatoms. The van der Waals surface area contributed by atoms with E-state index in [9.17, 15) is 20.7 Å². The van der Waals surface area contributed by atoms with E-state index < -0.39 is 0 Å². The minimum absolute atomic E-state index is 0.0824. The van der Waals surface area contributed by atoms with E-state index in [1.165, 1.54) is 28.4 Å². The van der Waals surface area contributed by atoms with Gasteiger partial charge in [0.25, 0.3) is 0 Å². The second kappa shape index (κ2) is 11.9. The van der Waals surface area contributed by atoms with E-state index in [1.807, 2.05) is 12.1 Å². The van der Waals surface area contributed by atoms with Gasteiger partial charge in [-0.1, -0.05) is 12.2 Å². The number of aromatic hydroxyl groups is 2. The molecule has 0 aromatic heterocycles. The number of allylic oxidation sites excluding steroid dienone is 6. The van der Waals surface area contributed by atoms with Crippen LogP contribution in [0, 0.1) is 22.7 Å². The van der Waals surface area contributed by atoms with Crippen LogP contribution in [0.1, 0.15) is 11.1 Å². The molecule has 0 aliphatic carbocycles. The van der Waals surface area contributed by atoms with Crippen LogP contribution >= 0.6 is 0 Å². The Balaban J connectivity index is 1.97. The van der Waals surface area contributed by atoms with Gasteiger partial charge in [-0.3, -0.25) is 0 Å². The summed E-state index contributed by atoms with van der Waals surface area (Å²) in [4.78, 5) is 0. The van der Waals surface area contributed by atoms with Crippen molar-refractivity contribution in [2.24, 2.45) is 0 Å². The minimum atomic E-state index is -0.119. The van der Waals surface area contributed by atoms with Crippen LogP contribution in [0.25, 0.3) is 12.2 Å². The fourth-order valence-corrected chi connectivity index (χ4v) is 3.38. The standard InChI is InChI=1S/C28H24N2O7/c1-33-23-9-17(10-24(34-2)27(23)31)5-7-21-13-19(20(15-29)16-30)14-22(37-21)8-6-18-11-25(35-3)28(32)26(12-18)36-4/h5-14,31-32H,1-4H3/b7-5+,8-6+. The monoisotopic (exact) mass is 500 g/mol. The Bertz CT molecular complexity index is 1280. The smallest absolute Gasteiger partial charge is 0.200 e. The molecule has 2 aromatic rings. The fourth-order valence-electron chi connectivity index (χ4n) is 3.38. The summed E-state index contributed by atoms with van der Waals surface area (Å²) in [6.07, 6.45) is 9.83. The predicted molar refractivity (Wildman–Crippen MR) is 136 cm³/mol. The Morgan fingerprint density at radius 3 is 1.32 bits per heavy atom. The molecule has 0 spiro atoms. The first-order chi connectivity index (χ1) is 17.9. The number of phenolic OH excluding ortho intramolecular Hbond substituents is 2. The summed E-state index contributed by atoms with van der Waals surface area (Å²) in [6, 6.07) is 10.2. The topological polar surface area (TPSA) is 134 Å². The number of hydrogen-bond donors (Lipinski definition) is 2. The van der Waals surface area contributed by atoms with Gasteiger partial charge < -0.3 is 33.9 Å². The maximum Gasteiger partial charge on any atom is 0.200 e. The highest BCUT2D eigenvalue weighted by Gasteiger charge is 2.14. The van der Waals surface area contributed by atoms with Gasteiger partial charge in [0.15, 0.2) is 23.0 Å². The molecular formula is C28H24N2O7. The predicted octanol–water partition coefficient (Wildman–Crippen LogP) is 5.00. The van der Waals surface area contributed by atoms with Gasteiger partial charge in [-0.25, -0.2) is 0 Å². The van der Waals surface area contributed by atoms with Gasteiger partial charge in [0.05, 0.1) is 28.4 Å². The van der Waals surface area contributed by atoms with Gasteiger partial charge >= 0.3 is 0 Å². The van der Waals surface area contributed by atoms with Crippen molar-refractivity contribution >= 4 is 12.2 Å². The van der Waals surface area contributed by atoms with Crippen molar-refractivity contribution in [3.05, 3.63) is 82.4 Å². The van der Waals surface area contributed by atoms with Gasteiger partial charge in [0, 0.05) is 5.57 Å². The van der Waals surface area contributed by atoms with Crippen LogP contribution in [-0.2, 0) is 4.74 Å². The number of nitrogens with zero attached hydrogens (tertiary/aromatic N) is 2. The van der Waals surface area contributed by atoms with Crippen LogP contribution in [0.15, 0.2) is 71.2 Å². The van der Waals surface area contributed by atoms with E-state index in [-0.39, 0.29) is 40.1 Å². The Morgan fingerprint density at radius 1 is 0.676 bits per heavy atom. The molecule has 0 saturated heterocycles. The van der Waals surface area contributed by atoms with Gasteiger partial charge in [-0.2, -0.15) is 10.5 Å². The highest BCUT2D eigenvalue weighted by Crippen LogP contribution is 2.39. The van der Waals surface area contributed by atoms with E-state index in [0.717, 1.165) is 0 Å². The lowest BCUT2D eigenvalue weighted by atomic mass is 10.0. The number of ether oxygens (including phenoxy) is 5. The molecule has 1 heterocycles. The fraction of sp³-hybridized carbons (Fsp3) is 0.143. The van der Waals surface area contributed by atoms with Crippen molar-refractivity contribution in [1.82, 2.24) is 0 Å². The van der Waals surface area contributed by atoms with Crippen molar-refractivity contribution in [1.29, 1.82) is 10.5 Å². The largest absolute Gasteiger partial charge is 0.502 e. The Labute approximate surface area is 214 Å². The molecule has 0 fully saturated rings. The van der Waals surface area contributed by atoms with Crippen LogP contribution in [0.2, 0.25) is 0 Å². The molecule has 0 amide bonds. The highest BCUT2D eigenvalue weighted by atomic mass is 16.5. The molecular weight excluding hydrogens is 476 g/mol. The van der Waals surface area contributed by atoms with Gasteiger partial charge in [-0.15, -0.1) is 0 Å². The summed E-state index contributed by atoms with van der Waals surface area (Å²) in [5, 5.41) is 39.0. The third-order valence-electron chi connectivity index (χ3n) is 5.23. The second-order valence-electron chi connectivity index (χ2n) is 7.46. The number of phenols is 2. The zero-order chi connectivity index (χ0) is 26.9. The molecule has 2 aromatic carbocycles. The lowest BCUT2D eigenvalue weighted by molar-refractivity contribution is 0.332. The summed E-state index contributed by atoms with van der Waals surface area (Å²) in [7, 11) is 5.72. The van der Waals surface area contributed by atoms with Gasteiger partial charge in [0.2, 0.25) is 11.5 Å². The molecule has 0 unspecified atom stereocenters. The molecule has 1 aliphatic heterocycles. The first-order valence-corrected chi connectivity index (χ1v) is 10.8. The number of methoxy groups -OCH3 is 4. The summed E-state index contributed by atoms with van der Waals surface area (Å²) in [6.45, 7) is 0. The quantitative estimate of drug-likeness (QED) is 0.480. The lowest BCUT2D eigenvalue weighted by Crippen LogP contribution is -1.98. The van der Waals surface area contributed by atoms with Crippen LogP contribution in [0.5, 0.6) is 34.5 Å². The van der Waals surface area contributed by atoms with Gasteiger partial charge in [-0.05, 0) is 59.7 Å². The molecule has 1 aliphatic rings. The molecule has 3 rings (SSSR count). The molecule has 0 bridgehead atoms. The molecule has 2 N–H and O–H groups in total. The third-order valence-corrected chi connectivity index (χ3v) is 5.23. The summed E-state index contributed by atoms with van der Waals surface area (Å²) in [5.41, 5.74) is 1.59. The molecule has 9 nitrogen and oxygen atoms in total. The van der Waals surface area contributed by atoms with Crippen LogP contribution in [0.4, 0.5) is 0 Å². The molecule has 0 atom stereocenters. The normalized spacial score (nSPS) is 12.8. The molecule has 0 radical (unpaired) electrons. The maximum atomic E-state index is 10.1. The highest BCUT2D eigenvalue weighted by molar-refractivity contribution is 5.65. The first kappa shape index (κ1) is 26.3. The second-order valence-corrected chi connectivity index (χ2v) is 7.46.